The van der Waals surface area contributed by atoms with Crippen molar-refractivity contribution >= 4 is 17.5 Å². The SMILES string of the molecule is O=C(C(CO)c1ccc(Nc2ncc(-c3ccc(OC(F)F)cc3)cn2)cc1)N1CCCCC1. The Balaban J connectivity index is 1.38. The number of anilines is 2. The fourth-order valence-electron chi connectivity index (χ4n) is 3.96. The lowest BCUT2D eigenvalue weighted by Gasteiger charge is -2.30. The standard InChI is InChI=1S/C25H26F2N4O3/c26-24(27)34-21-10-6-17(7-11-21)19-14-28-25(29-15-19)30-20-8-4-18(5-9-20)22(16-32)23(33)31-12-2-1-3-13-31/h4-11,14-15,22,24,32H,1-3,12-13,16H2,(H,28,29,30). The van der Waals surface area contributed by atoms with E-state index in [1.165, 1.54) is 12.1 Å². The molecule has 1 unspecified atom stereocenters. The molecule has 2 heterocycles. The van der Waals surface area contributed by atoms with Crippen LogP contribution < -0.4 is 10.1 Å². The molecule has 0 spiro atoms. The minimum atomic E-state index is -2.86. The van der Waals surface area contributed by atoms with E-state index in [4.69, 9.17) is 0 Å². The summed E-state index contributed by atoms with van der Waals surface area (Å²) in [4.78, 5) is 23.3. The highest BCUT2D eigenvalue weighted by Gasteiger charge is 2.26. The predicted molar refractivity (Wildman–Crippen MR) is 124 cm³/mol. The number of halogens is 2. The summed E-state index contributed by atoms with van der Waals surface area (Å²) in [6.07, 6.45) is 6.41. The Hall–Kier alpha value is -3.59. The van der Waals surface area contributed by atoms with Crippen LogP contribution in [-0.4, -0.2) is 52.2 Å². The summed E-state index contributed by atoms with van der Waals surface area (Å²) < 4.78 is 28.9. The molecule has 178 valence electrons. The number of carbonyl (C=O) groups excluding carboxylic acids is 1. The second-order valence-corrected chi connectivity index (χ2v) is 8.07. The van der Waals surface area contributed by atoms with E-state index in [-0.39, 0.29) is 18.3 Å². The lowest BCUT2D eigenvalue weighted by Crippen LogP contribution is -2.39. The fourth-order valence-corrected chi connectivity index (χ4v) is 3.96. The number of nitrogens with zero attached hydrogens (tertiary/aromatic N) is 3. The third-order valence-electron chi connectivity index (χ3n) is 5.78. The third-order valence-corrected chi connectivity index (χ3v) is 5.78. The van der Waals surface area contributed by atoms with Crippen molar-refractivity contribution in [1.82, 2.24) is 14.9 Å². The highest BCUT2D eigenvalue weighted by Crippen LogP contribution is 2.25. The quantitative estimate of drug-likeness (QED) is 0.503. The number of aliphatic hydroxyl groups excluding tert-OH is 1. The first-order valence-electron chi connectivity index (χ1n) is 11.2. The number of piperidine rings is 1. The molecular formula is C25H26F2N4O3. The van der Waals surface area contributed by atoms with Gasteiger partial charge in [-0.25, -0.2) is 9.97 Å². The zero-order chi connectivity index (χ0) is 23.9. The molecule has 2 N–H and O–H groups in total. The van der Waals surface area contributed by atoms with Gasteiger partial charge in [0.15, 0.2) is 0 Å². The van der Waals surface area contributed by atoms with E-state index in [1.54, 1.807) is 24.5 Å². The first kappa shape index (κ1) is 23.6. The van der Waals surface area contributed by atoms with Gasteiger partial charge in [0.2, 0.25) is 11.9 Å². The summed E-state index contributed by atoms with van der Waals surface area (Å²) in [5.74, 6) is -0.129. The molecule has 1 aromatic heterocycles. The van der Waals surface area contributed by atoms with Crippen molar-refractivity contribution in [1.29, 1.82) is 0 Å². The second kappa shape index (κ2) is 11.0. The molecule has 4 rings (SSSR count). The van der Waals surface area contributed by atoms with Crippen molar-refractivity contribution in [3.63, 3.8) is 0 Å². The fraction of sp³-hybridized carbons (Fsp3) is 0.320. The van der Waals surface area contributed by atoms with Gasteiger partial charge in [-0.05, 0) is 54.7 Å². The predicted octanol–water partition coefficient (Wildman–Crippen LogP) is 4.58. The van der Waals surface area contributed by atoms with Gasteiger partial charge in [-0.2, -0.15) is 8.78 Å². The monoisotopic (exact) mass is 468 g/mol. The van der Waals surface area contributed by atoms with Crippen LogP contribution in [0.5, 0.6) is 5.75 Å². The molecule has 1 saturated heterocycles. The van der Waals surface area contributed by atoms with Crippen LogP contribution in [0.1, 0.15) is 30.7 Å². The lowest BCUT2D eigenvalue weighted by atomic mass is 9.97. The molecule has 3 aromatic rings. The molecule has 7 nitrogen and oxygen atoms in total. The minimum Gasteiger partial charge on any atom is -0.435 e. The largest absolute Gasteiger partial charge is 0.435 e. The molecule has 0 bridgehead atoms. The van der Waals surface area contributed by atoms with E-state index in [9.17, 15) is 18.7 Å². The molecule has 0 radical (unpaired) electrons. The van der Waals surface area contributed by atoms with Gasteiger partial charge >= 0.3 is 6.61 Å². The topological polar surface area (TPSA) is 87.6 Å². The average Bonchev–Trinajstić information content (AvgIpc) is 2.87. The van der Waals surface area contributed by atoms with Crippen molar-refractivity contribution in [2.75, 3.05) is 25.0 Å². The zero-order valence-corrected chi connectivity index (χ0v) is 18.5. The number of hydrogen-bond acceptors (Lipinski definition) is 6. The smallest absolute Gasteiger partial charge is 0.387 e. The van der Waals surface area contributed by atoms with Gasteiger partial charge in [0.25, 0.3) is 0 Å². The van der Waals surface area contributed by atoms with E-state index in [2.05, 4.69) is 20.0 Å². The van der Waals surface area contributed by atoms with Crippen molar-refractivity contribution in [3.05, 3.63) is 66.5 Å². The van der Waals surface area contributed by atoms with Gasteiger partial charge in [-0.1, -0.05) is 24.3 Å². The van der Waals surface area contributed by atoms with Crippen LogP contribution in [-0.2, 0) is 4.79 Å². The van der Waals surface area contributed by atoms with Crippen molar-refractivity contribution < 1.29 is 23.4 Å². The Kier molecular flexibility index (Phi) is 7.64. The Morgan fingerprint density at radius 3 is 2.21 bits per heavy atom. The maximum absolute atomic E-state index is 12.8. The first-order chi connectivity index (χ1) is 16.5. The van der Waals surface area contributed by atoms with Crippen LogP contribution in [0, 0.1) is 0 Å². The number of ether oxygens (including phenoxy) is 1. The number of amides is 1. The van der Waals surface area contributed by atoms with Crippen molar-refractivity contribution in [3.8, 4) is 16.9 Å². The molecule has 0 aliphatic carbocycles. The number of aromatic nitrogens is 2. The van der Waals surface area contributed by atoms with E-state index >= 15 is 0 Å². The summed E-state index contributed by atoms with van der Waals surface area (Å²) in [5, 5.41) is 12.9. The summed E-state index contributed by atoms with van der Waals surface area (Å²) in [7, 11) is 0. The van der Waals surface area contributed by atoms with Gasteiger partial charge < -0.3 is 20.1 Å². The van der Waals surface area contributed by atoms with Gasteiger partial charge in [0, 0.05) is 36.7 Å². The Morgan fingerprint density at radius 2 is 1.62 bits per heavy atom. The molecule has 1 fully saturated rings. The Morgan fingerprint density at radius 1 is 0.971 bits per heavy atom. The van der Waals surface area contributed by atoms with E-state index in [1.807, 2.05) is 29.2 Å². The van der Waals surface area contributed by atoms with E-state index in [0.29, 0.717) is 5.95 Å². The Bertz CT molecular complexity index is 1070. The summed E-state index contributed by atoms with van der Waals surface area (Å²) in [6.45, 7) is -1.60. The minimum absolute atomic E-state index is 0.0318. The summed E-state index contributed by atoms with van der Waals surface area (Å²) >= 11 is 0. The molecule has 1 amide bonds. The number of likely N-dealkylation sites (tertiary alicyclic amines) is 1. The number of alkyl halides is 2. The van der Waals surface area contributed by atoms with Gasteiger partial charge in [-0.3, -0.25) is 4.79 Å². The number of carbonyl (C=O) groups is 1. The van der Waals surface area contributed by atoms with E-state index in [0.717, 1.165) is 54.7 Å². The maximum atomic E-state index is 12.8. The second-order valence-electron chi connectivity index (χ2n) is 8.07. The maximum Gasteiger partial charge on any atom is 0.387 e. The van der Waals surface area contributed by atoms with Crippen LogP contribution in [0.2, 0.25) is 0 Å². The molecule has 2 aromatic carbocycles. The van der Waals surface area contributed by atoms with E-state index < -0.39 is 12.5 Å². The number of rotatable bonds is 8. The number of benzene rings is 2. The normalized spacial score (nSPS) is 14.6. The average molecular weight is 469 g/mol. The van der Waals surface area contributed by atoms with Gasteiger partial charge in [-0.15, -0.1) is 0 Å². The summed E-state index contributed by atoms with van der Waals surface area (Å²) in [5.41, 5.74) is 3.00. The highest BCUT2D eigenvalue weighted by atomic mass is 19.3. The summed E-state index contributed by atoms with van der Waals surface area (Å²) in [6, 6.07) is 13.5. The molecule has 1 aliphatic rings. The molecule has 34 heavy (non-hydrogen) atoms. The number of hydrogen-bond donors (Lipinski definition) is 2. The lowest BCUT2D eigenvalue weighted by molar-refractivity contribution is -0.134. The molecule has 0 saturated carbocycles. The van der Waals surface area contributed by atoms with Crippen molar-refractivity contribution in [2.45, 2.75) is 31.8 Å². The third kappa shape index (κ3) is 5.85. The van der Waals surface area contributed by atoms with Gasteiger partial charge in [0.1, 0.15) is 5.75 Å². The van der Waals surface area contributed by atoms with Gasteiger partial charge in [0.05, 0.1) is 12.5 Å². The number of aliphatic hydroxyl groups is 1. The molecule has 1 atom stereocenters. The molecule has 1 aliphatic heterocycles. The van der Waals surface area contributed by atoms with Crippen LogP contribution in [0.3, 0.4) is 0 Å². The van der Waals surface area contributed by atoms with Crippen LogP contribution >= 0.6 is 0 Å². The Labute approximate surface area is 196 Å². The van der Waals surface area contributed by atoms with Crippen molar-refractivity contribution in [2.24, 2.45) is 0 Å². The zero-order valence-electron chi connectivity index (χ0n) is 18.5. The highest BCUT2D eigenvalue weighted by molar-refractivity contribution is 5.84. The van der Waals surface area contributed by atoms with Crippen LogP contribution in [0.4, 0.5) is 20.4 Å². The molecular weight excluding hydrogens is 442 g/mol. The first-order valence-corrected chi connectivity index (χ1v) is 11.2. The van der Waals surface area contributed by atoms with Crippen LogP contribution in [0.15, 0.2) is 60.9 Å². The van der Waals surface area contributed by atoms with Crippen LogP contribution in [0.25, 0.3) is 11.1 Å². The number of nitrogens with one attached hydrogen (secondary N) is 1. The molecule has 9 heteroatoms.